The number of hydrogen-bond acceptors (Lipinski definition) is 6. The van der Waals surface area contributed by atoms with Gasteiger partial charge in [-0.05, 0) is 22.9 Å². The van der Waals surface area contributed by atoms with E-state index >= 15 is 0 Å². The maximum Gasteiger partial charge on any atom is 0.273 e. The molecule has 0 radical (unpaired) electrons. The highest BCUT2D eigenvalue weighted by atomic mass is 16.6. The van der Waals surface area contributed by atoms with Gasteiger partial charge in [0.1, 0.15) is 0 Å². The number of carbonyl (C=O) groups excluding carboxylic acids is 1. The maximum atomic E-state index is 11.7. The highest BCUT2D eigenvalue weighted by Crippen LogP contribution is 2.22. The Hall–Kier alpha value is -3.26. The minimum absolute atomic E-state index is 0.287. The molecule has 0 bridgehead atoms. The van der Waals surface area contributed by atoms with Crippen molar-refractivity contribution in [1.29, 1.82) is 0 Å². The predicted molar refractivity (Wildman–Crippen MR) is 79.7 cm³/mol. The molecule has 118 valence electrons. The Balaban J connectivity index is 2.00. The molecule has 0 aliphatic heterocycles. The summed E-state index contributed by atoms with van der Waals surface area (Å²) in [6.07, 6.45) is -0.221. The Kier molecular flexibility index (Phi) is 5.00. The first-order valence-electron chi connectivity index (χ1n) is 6.50. The number of rotatable bonds is 5. The van der Waals surface area contributed by atoms with Gasteiger partial charge in [0.2, 0.25) is 0 Å². The van der Waals surface area contributed by atoms with E-state index in [0.717, 1.165) is 18.3 Å². The molecule has 0 heterocycles. The molecule has 0 unspecified atom stereocenters. The van der Waals surface area contributed by atoms with Crippen LogP contribution >= 0.6 is 0 Å². The number of aliphatic hydroxyl groups is 1. The van der Waals surface area contributed by atoms with E-state index in [2.05, 4.69) is 10.5 Å². The van der Waals surface area contributed by atoms with Crippen molar-refractivity contribution in [2.24, 2.45) is 5.10 Å². The summed E-state index contributed by atoms with van der Waals surface area (Å²) >= 11 is 0. The first kappa shape index (κ1) is 16.1. The van der Waals surface area contributed by atoms with Crippen LogP contribution in [0.2, 0.25) is 0 Å². The Morgan fingerprint density at radius 1 is 1.26 bits per heavy atom. The fourth-order valence-electron chi connectivity index (χ4n) is 1.78. The zero-order valence-corrected chi connectivity index (χ0v) is 11.7. The number of hydrazone groups is 1. The summed E-state index contributed by atoms with van der Waals surface area (Å²) in [5.41, 5.74) is 2.30. The van der Waals surface area contributed by atoms with Crippen molar-refractivity contribution in [3.63, 3.8) is 0 Å². The molecule has 23 heavy (non-hydrogen) atoms. The number of nitro groups is 1. The van der Waals surface area contributed by atoms with Gasteiger partial charge in [0.05, 0.1) is 11.1 Å². The van der Waals surface area contributed by atoms with E-state index < -0.39 is 28.4 Å². The van der Waals surface area contributed by atoms with Gasteiger partial charge in [-0.25, -0.2) is 5.43 Å². The first-order chi connectivity index (χ1) is 11.0. The molecule has 0 spiro atoms. The van der Waals surface area contributed by atoms with Gasteiger partial charge < -0.3 is 10.2 Å². The Morgan fingerprint density at radius 2 is 1.96 bits per heavy atom. The van der Waals surface area contributed by atoms with Crippen molar-refractivity contribution in [1.82, 2.24) is 5.43 Å². The van der Waals surface area contributed by atoms with Gasteiger partial charge in [-0.1, -0.05) is 36.4 Å². The van der Waals surface area contributed by atoms with Crippen LogP contribution in [0.25, 0.3) is 0 Å². The molecule has 2 N–H and O–H groups in total. The lowest BCUT2D eigenvalue weighted by Gasteiger charge is -2.09. The van der Waals surface area contributed by atoms with E-state index in [-0.39, 0.29) is 5.56 Å². The van der Waals surface area contributed by atoms with E-state index in [4.69, 9.17) is 0 Å². The lowest BCUT2D eigenvalue weighted by molar-refractivity contribution is -0.398. The minimum Gasteiger partial charge on any atom is -0.868 e. The highest BCUT2D eigenvalue weighted by molar-refractivity contribution is 5.85. The van der Waals surface area contributed by atoms with Gasteiger partial charge in [0.15, 0.2) is 6.10 Å². The summed E-state index contributed by atoms with van der Waals surface area (Å²) in [6.45, 7) is 0. The van der Waals surface area contributed by atoms with Crippen LogP contribution in [0.5, 0.6) is 5.75 Å². The van der Waals surface area contributed by atoms with Gasteiger partial charge >= 0.3 is 0 Å². The topological polar surface area (TPSA) is 128 Å². The molecule has 0 saturated carbocycles. The number of amides is 1. The Labute approximate surface area is 130 Å². The zero-order valence-electron chi connectivity index (χ0n) is 11.7. The number of nitrogens with zero attached hydrogens (tertiary/aromatic N) is 2. The quantitative estimate of drug-likeness (QED) is 0.480. The second-order valence-corrected chi connectivity index (χ2v) is 4.53. The highest BCUT2D eigenvalue weighted by Gasteiger charge is 2.15. The Bertz CT molecular complexity index is 746. The second kappa shape index (κ2) is 7.14. The van der Waals surface area contributed by atoms with E-state index in [1.54, 1.807) is 30.3 Å². The van der Waals surface area contributed by atoms with Gasteiger partial charge in [-0.15, -0.1) is 0 Å². The van der Waals surface area contributed by atoms with Crippen LogP contribution in [-0.4, -0.2) is 22.2 Å². The van der Waals surface area contributed by atoms with Crippen LogP contribution in [0.4, 0.5) is 5.69 Å². The van der Waals surface area contributed by atoms with Gasteiger partial charge in [-0.2, -0.15) is 5.10 Å². The van der Waals surface area contributed by atoms with Crippen LogP contribution in [-0.2, 0) is 4.79 Å². The number of nitro benzene ring substituents is 1. The summed E-state index contributed by atoms with van der Waals surface area (Å²) in [6, 6.07) is 11.7. The van der Waals surface area contributed by atoms with Crippen molar-refractivity contribution in [2.45, 2.75) is 6.10 Å². The third-order valence-corrected chi connectivity index (χ3v) is 2.93. The van der Waals surface area contributed by atoms with Crippen molar-refractivity contribution in [3.8, 4) is 5.75 Å². The average Bonchev–Trinajstić information content (AvgIpc) is 2.54. The summed E-state index contributed by atoms with van der Waals surface area (Å²) in [5, 5.41) is 35.4. The molecule has 1 amide bonds. The fourth-order valence-corrected chi connectivity index (χ4v) is 1.78. The lowest BCUT2D eigenvalue weighted by Crippen LogP contribution is -2.25. The molecule has 0 aliphatic rings. The molecule has 0 saturated heterocycles. The average molecular weight is 314 g/mol. The summed E-state index contributed by atoms with van der Waals surface area (Å²) < 4.78 is 0. The summed E-state index contributed by atoms with van der Waals surface area (Å²) in [5.74, 6) is -1.49. The molecule has 1 atom stereocenters. The van der Waals surface area contributed by atoms with Crippen molar-refractivity contribution in [2.75, 3.05) is 0 Å². The lowest BCUT2D eigenvalue weighted by atomic mass is 10.1. The number of nitrogens with one attached hydrogen (secondary N) is 1. The van der Waals surface area contributed by atoms with Crippen LogP contribution in [0.1, 0.15) is 17.2 Å². The predicted octanol–water partition coefficient (Wildman–Crippen LogP) is 0.852. The molecule has 8 nitrogen and oxygen atoms in total. The fraction of sp³-hybridized carbons (Fsp3) is 0.0667. The molecular formula is C15H12N3O5-. The van der Waals surface area contributed by atoms with Gasteiger partial charge in [0.25, 0.3) is 11.6 Å². The third-order valence-electron chi connectivity index (χ3n) is 2.93. The maximum absolute atomic E-state index is 11.7. The molecule has 0 aromatic heterocycles. The van der Waals surface area contributed by atoms with Crippen LogP contribution in [0, 0.1) is 10.1 Å². The molecule has 0 aliphatic carbocycles. The largest absolute Gasteiger partial charge is 0.868 e. The van der Waals surface area contributed by atoms with Crippen molar-refractivity contribution in [3.05, 3.63) is 69.8 Å². The normalized spacial score (nSPS) is 12.0. The van der Waals surface area contributed by atoms with Gasteiger partial charge in [-0.3, -0.25) is 14.9 Å². The SMILES string of the molecule is O=C(N/N=C\c1ccc([N+](=O)[O-])c([O-])c1)[C@@H](O)c1ccccc1. The first-order valence-corrected chi connectivity index (χ1v) is 6.50. The summed E-state index contributed by atoms with van der Waals surface area (Å²) in [7, 11) is 0. The molecule has 2 aromatic carbocycles. The van der Waals surface area contributed by atoms with E-state index in [1.165, 1.54) is 6.07 Å². The number of benzene rings is 2. The smallest absolute Gasteiger partial charge is 0.273 e. The van der Waals surface area contributed by atoms with E-state index in [9.17, 15) is 25.1 Å². The van der Waals surface area contributed by atoms with Crippen LogP contribution in [0.15, 0.2) is 53.6 Å². The number of aliphatic hydroxyl groups excluding tert-OH is 1. The van der Waals surface area contributed by atoms with E-state index in [0.29, 0.717) is 5.56 Å². The second-order valence-electron chi connectivity index (χ2n) is 4.53. The van der Waals surface area contributed by atoms with E-state index in [1.807, 2.05) is 0 Å². The standard InChI is InChI=1S/C15H13N3O5/c19-13-8-10(6-7-12(13)18(22)23)9-16-17-15(21)14(20)11-4-2-1-3-5-11/h1-9,14,19-20H,(H,17,21)/p-1/b16-9-/t14-/m0/s1. The molecule has 2 aromatic rings. The number of hydrogen-bond donors (Lipinski definition) is 2. The minimum atomic E-state index is -1.37. The van der Waals surface area contributed by atoms with Crippen molar-refractivity contribution >= 4 is 17.8 Å². The van der Waals surface area contributed by atoms with Crippen molar-refractivity contribution < 1.29 is 19.9 Å². The zero-order chi connectivity index (χ0) is 16.8. The van der Waals surface area contributed by atoms with Crippen LogP contribution in [0.3, 0.4) is 0 Å². The molecule has 8 heteroatoms. The summed E-state index contributed by atoms with van der Waals surface area (Å²) in [4.78, 5) is 21.5. The molecular weight excluding hydrogens is 302 g/mol. The van der Waals surface area contributed by atoms with Gasteiger partial charge in [0, 0.05) is 6.07 Å². The molecule has 0 fully saturated rings. The monoisotopic (exact) mass is 314 g/mol. The van der Waals surface area contributed by atoms with Crippen LogP contribution < -0.4 is 10.5 Å². The number of carbonyl (C=O) groups is 1. The molecule has 2 rings (SSSR count). The Morgan fingerprint density at radius 3 is 2.57 bits per heavy atom. The third kappa shape index (κ3) is 4.11.